The zero-order chi connectivity index (χ0) is 20.7. The third kappa shape index (κ3) is 3.57. The molecule has 5 nitrogen and oxygen atoms in total. The number of likely N-dealkylation sites (tertiary alicyclic amines) is 2. The van der Waals surface area contributed by atoms with Crippen molar-refractivity contribution in [2.24, 2.45) is 11.8 Å². The van der Waals surface area contributed by atoms with Crippen molar-refractivity contribution >= 4 is 11.8 Å². The lowest BCUT2D eigenvalue weighted by Crippen LogP contribution is -2.46. The first-order chi connectivity index (χ1) is 14.6. The maximum absolute atomic E-state index is 13.9. The lowest BCUT2D eigenvalue weighted by molar-refractivity contribution is 0.0641. The largest absolute Gasteiger partial charge is 0.450 e. The normalized spacial score (nSPS) is 30.1. The number of hydrogen-bond donors (Lipinski definition) is 1. The summed E-state index contributed by atoms with van der Waals surface area (Å²) < 4.78 is 19.2. The predicted molar refractivity (Wildman–Crippen MR) is 115 cm³/mol. The van der Waals surface area contributed by atoms with Gasteiger partial charge in [0.1, 0.15) is 5.82 Å². The molecule has 30 heavy (non-hydrogen) atoms. The number of carbonyl (C=O) groups is 1. The van der Waals surface area contributed by atoms with Gasteiger partial charge in [0.25, 0.3) is 0 Å². The van der Waals surface area contributed by atoms with Crippen LogP contribution in [0, 0.1) is 17.7 Å². The minimum absolute atomic E-state index is 0.0955. The SMILES string of the molecule is CCOC(=O)N1CCCC2CC(CN3CCC4(CC3)CNc3ccc(F)cc34)CC21. The van der Waals surface area contributed by atoms with Crippen LogP contribution in [0.15, 0.2) is 18.2 Å². The summed E-state index contributed by atoms with van der Waals surface area (Å²) >= 11 is 0. The van der Waals surface area contributed by atoms with Crippen LogP contribution in [0.1, 0.15) is 51.0 Å². The van der Waals surface area contributed by atoms with Crippen molar-refractivity contribution in [1.29, 1.82) is 0 Å². The minimum Gasteiger partial charge on any atom is -0.450 e. The van der Waals surface area contributed by atoms with Gasteiger partial charge in [0, 0.05) is 36.8 Å². The molecule has 3 atom stereocenters. The van der Waals surface area contributed by atoms with Crippen molar-refractivity contribution in [2.45, 2.75) is 56.9 Å². The van der Waals surface area contributed by atoms with E-state index in [0.29, 0.717) is 24.5 Å². The topological polar surface area (TPSA) is 44.8 Å². The summed E-state index contributed by atoms with van der Waals surface area (Å²) in [4.78, 5) is 17.0. The Labute approximate surface area is 178 Å². The number of anilines is 1. The standard InChI is InChI=1S/C24H34FN3O2/c1-2-30-23(29)28-9-3-4-18-12-17(13-22(18)28)15-27-10-7-24(8-11-27)16-26-21-6-5-19(25)14-20(21)24/h5-6,14,17-18,22,26H,2-4,7-13,15-16H2,1H3. The Morgan fingerprint density at radius 2 is 2.10 bits per heavy atom. The second kappa shape index (κ2) is 8.03. The molecule has 6 heteroatoms. The molecule has 1 aliphatic carbocycles. The first-order valence-electron chi connectivity index (χ1n) is 11.8. The predicted octanol–water partition coefficient (Wildman–Crippen LogP) is 4.23. The molecule has 2 saturated heterocycles. The maximum Gasteiger partial charge on any atom is 0.410 e. The molecule has 0 radical (unpaired) electrons. The fourth-order valence-electron chi connectivity index (χ4n) is 6.62. The van der Waals surface area contributed by atoms with Gasteiger partial charge in [-0.2, -0.15) is 0 Å². The molecule has 1 spiro atoms. The molecule has 3 unspecified atom stereocenters. The third-order valence-electron chi connectivity index (χ3n) is 8.13. The van der Waals surface area contributed by atoms with Gasteiger partial charge in [-0.05, 0) is 94.1 Å². The second-order valence-corrected chi connectivity index (χ2v) is 9.82. The average Bonchev–Trinajstić information content (AvgIpc) is 3.31. The van der Waals surface area contributed by atoms with Crippen molar-refractivity contribution in [3.63, 3.8) is 0 Å². The van der Waals surface area contributed by atoms with E-state index in [1.807, 2.05) is 17.9 Å². The third-order valence-corrected chi connectivity index (χ3v) is 8.13. The molecule has 3 aliphatic heterocycles. The monoisotopic (exact) mass is 415 g/mol. The highest BCUT2D eigenvalue weighted by Gasteiger charge is 2.45. The van der Waals surface area contributed by atoms with E-state index in [1.165, 1.54) is 18.4 Å². The number of benzene rings is 1. The quantitative estimate of drug-likeness (QED) is 0.802. The molecule has 4 aliphatic rings. The van der Waals surface area contributed by atoms with Crippen LogP contribution in [-0.4, -0.2) is 61.3 Å². The Morgan fingerprint density at radius 1 is 1.27 bits per heavy atom. The number of hydrogen-bond acceptors (Lipinski definition) is 4. The van der Waals surface area contributed by atoms with Crippen molar-refractivity contribution in [1.82, 2.24) is 9.80 Å². The Balaban J connectivity index is 1.18. The highest BCUT2D eigenvalue weighted by atomic mass is 19.1. The van der Waals surface area contributed by atoms with Crippen LogP contribution in [0.5, 0.6) is 0 Å². The van der Waals surface area contributed by atoms with Crippen LogP contribution in [0.3, 0.4) is 0 Å². The van der Waals surface area contributed by atoms with Crippen LogP contribution in [-0.2, 0) is 10.2 Å². The lowest BCUT2D eigenvalue weighted by atomic mass is 9.74. The Morgan fingerprint density at radius 3 is 2.90 bits per heavy atom. The smallest absolute Gasteiger partial charge is 0.410 e. The number of amides is 1. The van der Waals surface area contributed by atoms with Gasteiger partial charge in [-0.25, -0.2) is 9.18 Å². The lowest BCUT2D eigenvalue weighted by Gasteiger charge is -2.40. The Hall–Kier alpha value is -1.82. The van der Waals surface area contributed by atoms with E-state index < -0.39 is 0 Å². The molecule has 1 aromatic rings. The summed E-state index contributed by atoms with van der Waals surface area (Å²) in [6, 6.07) is 5.56. The average molecular weight is 416 g/mol. The molecule has 3 heterocycles. The van der Waals surface area contributed by atoms with E-state index in [1.54, 1.807) is 12.1 Å². The van der Waals surface area contributed by atoms with Gasteiger partial charge in [-0.3, -0.25) is 0 Å². The molecule has 0 bridgehead atoms. The van der Waals surface area contributed by atoms with Crippen molar-refractivity contribution < 1.29 is 13.9 Å². The summed E-state index contributed by atoms with van der Waals surface area (Å²) in [6.07, 6.45) is 6.75. The maximum atomic E-state index is 13.9. The zero-order valence-electron chi connectivity index (χ0n) is 18.0. The molecular weight excluding hydrogens is 381 g/mol. The Bertz CT molecular complexity index is 793. The van der Waals surface area contributed by atoms with Gasteiger partial charge >= 0.3 is 6.09 Å². The van der Waals surface area contributed by atoms with Crippen LogP contribution >= 0.6 is 0 Å². The Kier molecular flexibility index (Phi) is 5.38. The fraction of sp³-hybridized carbons (Fsp3) is 0.708. The van der Waals surface area contributed by atoms with Crippen LogP contribution in [0.2, 0.25) is 0 Å². The summed E-state index contributed by atoms with van der Waals surface area (Å²) in [7, 11) is 0. The number of halogens is 1. The van der Waals surface area contributed by atoms with Gasteiger partial charge in [0.15, 0.2) is 0 Å². The number of piperidine rings is 2. The van der Waals surface area contributed by atoms with Gasteiger partial charge in [0.05, 0.1) is 6.61 Å². The molecule has 5 rings (SSSR count). The van der Waals surface area contributed by atoms with E-state index >= 15 is 0 Å². The molecule has 1 amide bonds. The van der Waals surface area contributed by atoms with Gasteiger partial charge in [0.2, 0.25) is 0 Å². The second-order valence-electron chi connectivity index (χ2n) is 9.82. The molecule has 0 aromatic heterocycles. The summed E-state index contributed by atoms with van der Waals surface area (Å²) in [5.41, 5.74) is 2.39. The molecular formula is C24H34FN3O2. The van der Waals surface area contributed by atoms with E-state index in [0.717, 1.165) is 64.1 Å². The fourth-order valence-corrected chi connectivity index (χ4v) is 6.62. The number of nitrogens with one attached hydrogen (secondary N) is 1. The number of rotatable bonds is 3. The molecule has 1 N–H and O–H groups in total. The highest BCUT2D eigenvalue weighted by molar-refractivity contribution is 5.68. The van der Waals surface area contributed by atoms with Gasteiger partial charge < -0.3 is 19.9 Å². The summed E-state index contributed by atoms with van der Waals surface area (Å²) in [5, 5.41) is 3.50. The van der Waals surface area contributed by atoms with Crippen molar-refractivity contribution in [2.75, 3.05) is 44.6 Å². The van der Waals surface area contributed by atoms with Crippen molar-refractivity contribution in [3.8, 4) is 0 Å². The van der Waals surface area contributed by atoms with E-state index in [4.69, 9.17) is 4.74 Å². The van der Waals surface area contributed by atoms with Gasteiger partial charge in [-0.15, -0.1) is 0 Å². The molecule has 164 valence electrons. The molecule has 1 aromatic carbocycles. The first kappa shape index (κ1) is 20.1. The first-order valence-corrected chi connectivity index (χ1v) is 11.8. The number of fused-ring (bicyclic) bond motifs is 3. The number of ether oxygens (including phenoxy) is 1. The molecule has 1 saturated carbocycles. The van der Waals surface area contributed by atoms with Crippen LogP contribution in [0.25, 0.3) is 0 Å². The summed E-state index contributed by atoms with van der Waals surface area (Å²) in [5.74, 6) is 1.17. The zero-order valence-corrected chi connectivity index (χ0v) is 18.0. The molecule has 3 fully saturated rings. The van der Waals surface area contributed by atoms with Crippen LogP contribution < -0.4 is 5.32 Å². The number of nitrogens with zero attached hydrogens (tertiary/aromatic N) is 2. The van der Waals surface area contributed by atoms with E-state index in [2.05, 4.69) is 10.2 Å². The summed E-state index contributed by atoms with van der Waals surface area (Å²) in [6.45, 7) is 7.39. The van der Waals surface area contributed by atoms with E-state index in [-0.39, 0.29) is 17.3 Å². The highest BCUT2D eigenvalue weighted by Crippen LogP contribution is 2.45. The van der Waals surface area contributed by atoms with Crippen molar-refractivity contribution in [3.05, 3.63) is 29.6 Å². The van der Waals surface area contributed by atoms with E-state index in [9.17, 15) is 9.18 Å². The minimum atomic E-state index is -0.126. The van der Waals surface area contributed by atoms with Gasteiger partial charge in [-0.1, -0.05) is 0 Å². The number of carbonyl (C=O) groups excluding carboxylic acids is 1. The van der Waals surface area contributed by atoms with Crippen LogP contribution in [0.4, 0.5) is 14.9 Å².